The van der Waals surface area contributed by atoms with E-state index in [1.54, 1.807) is 59.5 Å². The zero-order chi connectivity index (χ0) is 84.1. The van der Waals surface area contributed by atoms with Gasteiger partial charge in [0.25, 0.3) is 21.9 Å². The van der Waals surface area contributed by atoms with E-state index >= 15 is 0 Å². The van der Waals surface area contributed by atoms with Gasteiger partial charge in [0.2, 0.25) is 23.6 Å². The van der Waals surface area contributed by atoms with E-state index in [1.165, 1.54) is 17.0 Å². The molecule has 632 valence electrons. The molecule has 8 fully saturated rings. The molecule has 21 rings (SSSR count). The van der Waals surface area contributed by atoms with Crippen LogP contribution in [0, 0.1) is 30.4 Å². The Bertz CT molecular complexity index is 6030. The molecular weight excluding hydrogens is 1590 g/mol. The normalized spacial score (nSPS) is 20.8. The molecule has 16 heterocycles. The van der Waals surface area contributed by atoms with Crippen molar-refractivity contribution < 1.29 is 50.1 Å². The predicted molar refractivity (Wildman–Crippen MR) is 458 cm³/mol. The summed E-state index contributed by atoms with van der Waals surface area (Å²) < 4.78 is 61.7. The van der Waals surface area contributed by atoms with Crippen molar-refractivity contribution in [3.05, 3.63) is 233 Å². The zero-order valence-corrected chi connectivity index (χ0v) is 68.9. The van der Waals surface area contributed by atoms with Gasteiger partial charge in [-0.2, -0.15) is 8.42 Å². The molecule has 29 nitrogen and oxygen atoms in total. The van der Waals surface area contributed by atoms with Crippen LogP contribution in [-0.2, 0) is 46.6 Å². The van der Waals surface area contributed by atoms with Gasteiger partial charge in [0.1, 0.15) is 58.4 Å². The summed E-state index contributed by atoms with van der Waals surface area (Å²) in [4.78, 5) is 112. The van der Waals surface area contributed by atoms with Gasteiger partial charge in [-0.15, -0.1) is 10.2 Å². The minimum absolute atomic E-state index is 0.0744. The number of anilines is 6. The lowest BCUT2D eigenvalue weighted by molar-refractivity contribution is -0.138. The number of imide groups is 2. The largest absolute Gasteiger partial charge is 0.371 e. The number of aryl methyl sites for hydroxylation is 1. The Morgan fingerprint density at radius 2 is 0.943 bits per heavy atom. The summed E-state index contributed by atoms with van der Waals surface area (Å²) in [7, 11) is -3.78. The van der Waals surface area contributed by atoms with Crippen LogP contribution in [0.25, 0.3) is 34.1 Å². The van der Waals surface area contributed by atoms with Gasteiger partial charge < -0.3 is 44.5 Å². The highest BCUT2D eigenvalue weighted by Gasteiger charge is 2.43. The number of amides is 6. The number of pyridine rings is 2. The highest BCUT2D eigenvalue weighted by Crippen LogP contribution is 2.41. The number of piperidine rings is 2. The fourth-order valence-electron chi connectivity index (χ4n) is 18.7. The van der Waals surface area contributed by atoms with E-state index in [-0.39, 0.29) is 83.5 Å². The first-order valence-corrected chi connectivity index (χ1v) is 43.9. The number of benzene rings is 5. The first kappa shape index (κ1) is 80.1. The number of halogens is 2. The van der Waals surface area contributed by atoms with Gasteiger partial charge in [-0.05, 0) is 189 Å². The first-order valence-electron chi connectivity index (χ1n) is 42.4. The molecule has 0 radical (unpaired) electrons. The van der Waals surface area contributed by atoms with Crippen LogP contribution in [0.2, 0.25) is 0 Å². The average molecular weight is 1680 g/mol. The van der Waals surface area contributed by atoms with Crippen molar-refractivity contribution in [2.24, 2.45) is 11.8 Å². The van der Waals surface area contributed by atoms with Gasteiger partial charge in [-0.1, -0.05) is 54.1 Å². The van der Waals surface area contributed by atoms with Gasteiger partial charge >= 0.3 is 0 Å². The predicted octanol–water partition coefficient (Wildman–Crippen LogP) is 9.57. The fraction of sp³-hybridized carbons (Fsp3) is 0.363. The van der Waals surface area contributed by atoms with Crippen molar-refractivity contribution in [1.29, 1.82) is 0 Å². The number of carbonyl (C=O) groups excluding carboxylic acids is 6. The number of nitrogens with zero attached hydrogens (tertiary/aromatic N) is 17. The summed E-state index contributed by atoms with van der Waals surface area (Å²) >= 11 is 0. The van der Waals surface area contributed by atoms with E-state index < -0.39 is 28.1 Å². The molecule has 2 unspecified atom stereocenters. The van der Waals surface area contributed by atoms with E-state index in [1.807, 2.05) is 107 Å². The molecule has 3 N–H and O–H groups in total. The van der Waals surface area contributed by atoms with Crippen LogP contribution in [0.1, 0.15) is 112 Å². The third-order valence-corrected chi connectivity index (χ3v) is 26.6. The van der Waals surface area contributed by atoms with Crippen LogP contribution >= 0.6 is 0 Å². The molecule has 6 aromatic heterocycles. The van der Waals surface area contributed by atoms with Crippen molar-refractivity contribution in [1.82, 2.24) is 69.8 Å². The number of rotatable bonds is 18. The lowest BCUT2D eigenvalue weighted by atomic mass is 9.97. The Hall–Kier alpha value is -12.7. The van der Waals surface area contributed by atoms with Crippen molar-refractivity contribution >= 4 is 91.5 Å². The molecule has 0 aliphatic carbocycles. The lowest BCUT2D eigenvalue weighted by Gasteiger charge is -2.45. The highest BCUT2D eigenvalue weighted by molar-refractivity contribution is 7.86. The highest BCUT2D eigenvalue weighted by atomic mass is 32.2. The molecule has 8 saturated heterocycles. The van der Waals surface area contributed by atoms with Crippen LogP contribution < -0.4 is 45.3 Å². The number of carbonyl (C=O) groups is 6. The molecule has 5 aromatic carbocycles. The molecule has 0 saturated carbocycles. The Balaban J connectivity index is 0.000000128. The van der Waals surface area contributed by atoms with E-state index in [9.17, 15) is 46.0 Å². The SMILES string of the molecule is Cc1ccc(S(=O)(=O)OCC2CN(c3ccc4c(c3)CN(C3CCC(=O)NC3=O)C4=O)C2)cc1.Fc1cccc([C@H]2CCCN2c2ccc3ncc(-c4cccc(N5CCNCC5)n4)n3n2)c1.O=C1CCC(N2Cc3cc(N4CC(CN5CCN(c6cccc(-c7cnc8ccc(N9CCC[C@@H]9c9cccc(F)c9)nn78)n6)CC5)C4)ccc3C2=O)C(=O)N1. The van der Waals surface area contributed by atoms with Gasteiger partial charge in [0.05, 0.1) is 47.4 Å². The number of piperazine rings is 2. The quantitative estimate of drug-likeness (QED) is 0.0532. The minimum Gasteiger partial charge on any atom is -0.371 e. The molecule has 0 bridgehead atoms. The van der Waals surface area contributed by atoms with E-state index in [0.717, 1.165) is 207 Å². The lowest BCUT2D eigenvalue weighted by Crippen LogP contribution is -2.55. The topological polar surface area (TPSA) is 297 Å². The second-order valence-electron chi connectivity index (χ2n) is 33.4. The third kappa shape index (κ3) is 16.6. The number of imidazole rings is 2. The van der Waals surface area contributed by atoms with Crippen molar-refractivity contribution in [2.75, 3.05) is 134 Å². The summed E-state index contributed by atoms with van der Waals surface area (Å²) in [5.74, 6) is 2.12. The maximum absolute atomic E-state index is 14.1. The number of aromatic nitrogens is 8. The number of fused-ring (bicyclic) bond motifs is 4. The molecule has 32 heteroatoms. The van der Waals surface area contributed by atoms with Gasteiger partial charge in [-0.3, -0.25) is 48.5 Å². The summed E-state index contributed by atoms with van der Waals surface area (Å²) in [6, 6.07) is 51.1. The van der Waals surface area contributed by atoms with Gasteiger partial charge in [0, 0.05) is 158 Å². The Kier molecular flexibility index (Phi) is 22.1. The summed E-state index contributed by atoms with van der Waals surface area (Å²) in [5.41, 5.74) is 12.9. The minimum atomic E-state index is -3.78. The summed E-state index contributed by atoms with van der Waals surface area (Å²) in [6.45, 7) is 16.2. The molecular formula is C91H94F2N20O9S. The van der Waals surface area contributed by atoms with Crippen LogP contribution in [0.4, 0.5) is 43.4 Å². The van der Waals surface area contributed by atoms with Crippen LogP contribution in [0.5, 0.6) is 0 Å². The van der Waals surface area contributed by atoms with Crippen molar-refractivity contribution in [2.45, 2.75) is 100 Å². The smallest absolute Gasteiger partial charge is 0.296 e. The maximum Gasteiger partial charge on any atom is 0.296 e. The van der Waals surface area contributed by atoms with Gasteiger partial charge in [-0.25, -0.2) is 37.7 Å². The van der Waals surface area contributed by atoms with E-state index in [4.69, 9.17) is 24.3 Å². The third-order valence-electron chi connectivity index (χ3n) is 25.3. The Morgan fingerprint density at radius 1 is 0.463 bits per heavy atom. The number of hydrogen-bond donors (Lipinski definition) is 3. The summed E-state index contributed by atoms with van der Waals surface area (Å²) in [6.07, 6.45) is 8.84. The average Bonchev–Trinajstić information content (AvgIpc) is 1.64. The van der Waals surface area contributed by atoms with Crippen LogP contribution in [0.15, 0.2) is 187 Å². The van der Waals surface area contributed by atoms with E-state index in [0.29, 0.717) is 56.1 Å². The molecule has 10 aliphatic heterocycles. The van der Waals surface area contributed by atoms with Crippen LogP contribution in [0.3, 0.4) is 0 Å². The Labute approximate surface area is 709 Å². The molecule has 123 heavy (non-hydrogen) atoms. The van der Waals surface area contributed by atoms with Crippen LogP contribution in [-0.4, -0.2) is 215 Å². The van der Waals surface area contributed by atoms with Crippen molar-refractivity contribution in [3.8, 4) is 22.8 Å². The molecule has 0 spiro atoms. The maximum atomic E-state index is 14.1. The second-order valence-corrected chi connectivity index (χ2v) is 35.0. The number of hydrogen-bond acceptors (Lipinski definition) is 23. The van der Waals surface area contributed by atoms with Gasteiger partial charge in [0.15, 0.2) is 11.3 Å². The monoisotopic (exact) mass is 1680 g/mol. The summed E-state index contributed by atoms with van der Waals surface area (Å²) in [5, 5.41) is 18.1. The molecule has 6 amide bonds. The second kappa shape index (κ2) is 34.0. The molecule has 11 aromatic rings. The van der Waals surface area contributed by atoms with E-state index in [2.05, 4.69) is 84.5 Å². The fourth-order valence-corrected chi connectivity index (χ4v) is 19.7. The Morgan fingerprint density at radius 3 is 1.43 bits per heavy atom. The first-order chi connectivity index (χ1) is 59.8. The molecule has 4 atom stereocenters. The zero-order valence-electron chi connectivity index (χ0n) is 68.1. The van der Waals surface area contributed by atoms with Crippen molar-refractivity contribution in [3.63, 3.8) is 0 Å². The standard InChI is InChI=1S/C42H43FN10O3.C25H26FN7.C24H25N3O6S/c43-30-5-1-4-28(20-30)34-7-3-15-51(34)39-13-12-37-44-22-36(53(37)47-39)33-6-2-8-38(45-33)49-18-16-48(17-19-49)23-27-24-50(25-27)31-9-10-32-29(21-31)26-52(42(32)56)35-11-14-40(54)46-41(35)55;26-19-5-1-4-18(16-19)21-7-3-13-32(21)25-10-9-23-28-17-22(33(23)30-25)20-6-2-8-24(29-20)31-14-11-27-12-15-31;1-15-2-5-19(6-3-15)34(31,32)33-14-16-11-26(12-16)18-4-7-20-17(10-18)13-27(24(20)30)21-8-9-22(28)25-23(21)29/h1-2,4-6,8-10,12-13,20-22,27,34-35H,3,7,11,14-19,23-26H2,(H,46,54,55);1-2,4-6,8-10,16-17,21,27H,3,7,11-15H2;2-7,10,16,21H,8-9,11-14H2,1H3,(H,25,28,29)/t34-,35?;21-;/m11./s1. The molecule has 10 aliphatic rings. The number of nitrogens with one attached hydrogen (secondary N) is 3.